The number of rotatable bonds is 3. The molecule has 0 aliphatic carbocycles. The Labute approximate surface area is 144 Å². The van der Waals surface area contributed by atoms with Crippen LogP contribution in [0.2, 0.25) is 0 Å². The lowest BCUT2D eigenvalue weighted by Crippen LogP contribution is -2.30. The predicted molar refractivity (Wildman–Crippen MR) is 98.2 cm³/mol. The number of nitrogens with zero attached hydrogens (tertiary/aromatic N) is 2. The molecule has 1 amide bonds. The van der Waals surface area contributed by atoms with Crippen molar-refractivity contribution < 1.29 is 4.79 Å². The van der Waals surface area contributed by atoms with Crippen LogP contribution in [0.25, 0.3) is 10.9 Å². The Kier molecular flexibility index (Phi) is 4.31. The molecule has 0 spiro atoms. The summed E-state index contributed by atoms with van der Waals surface area (Å²) in [6.45, 7) is 2.47. The van der Waals surface area contributed by atoms with E-state index in [9.17, 15) is 9.59 Å². The van der Waals surface area contributed by atoms with Crippen LogP contribution in [0.1, 0.15) is 17.3 Å². The number of carbonyl (C=O) groups excluding carboxylic acids is 1. The summed E-state index contributed by atoms with van der Waals surface area (Å²) in [6, 6.07) is 14.5. The highest BCUT2D eigenvalue weighted by molar-refractivity contribution is 7.71. The maximum absolute atomic E-state index is 12.9. The minimum absolute atomic E-state index is 0.120. The molecular formula is C18H17N3O2S. The first-order valence-electron chi connectivity index (χ1n) is 7.63. The number of fused-ring (bicyclic) bond motifs is 1. The molecule has 24 heavy (non-hydrogen) atoms. The molecule has 0 unspecified atom stereocenters. The van der Waals surface area contributed by atoms with Crippen molar-refractivity contribution in [3.63, 3.8) is 0 Å². The summed E-state index contributed by atoms with van der Waals surface area (Å²) in [7, 11) is 1.62. The standard InChI is InChI=1S/C18H17N3O2S/c1-3-21(13-7-5-4-6-8-13)16(22)12-9-10-14-15(11-12)19-18(24)20(2)17(14)23/h4-11H,3H2,1-2H3,(H,19,24). The van der Waals surface area contributed by atoms with Crippen molar-refractivity contribution in [2.24, 2.45) is 7.05 Å². The highest BCUT2D eigenvalue weighted by Crippen LogP contribution is 2.18. The fourth-order valence-corrected chi connectivity index (χ4v) is 2.84. The molecule has 0 fully saturated rings. The van der Waals surface area contributed by atoms with E-state index in [1.54, 1.807) is 30.1 Å². The third kappa shape index (κ3) is 2.76. The van der Waals surface area contributed by atoms with E-state index in [1.165, 1.54) is 4.57 Å². The van der Waals surface area contributed by atoms with E-state index in [2.05, 4.69) is 4.98 Å². The van der Waals surface area contributed by atoms with Crippen molar-refractivity contribution in [2.75, 3.05) is 11.4 Å². The fourth-order valence-electron chi connectivity index (χ4n) is 2.65. The lowest BCUT2D eigenvalue weighted by molar-refractivity contribution is 0.0988. The molecule has 3 aromatic rings. The van der Waals surface area contributed by atoms with Gasteiger partial charge >= 0.3 is 0 Å². The summed E-state index contributed by atoms with van der Waals surface area (Å²) >= 11 is 5.14. The molecule has 0 aliphatic rings. The zero-order valence-corrected chi connectivity index (χ0v) is 14.3. The number of aromatic nitrogens is 2. The summed E-state index contributed by atoms with van der Waals surface area (Å²) < 4.78 is 1.70. The topological polar surface area (TPSA) is 58.1 Å². The van der Waals surface area contributed by atoms with Crippen LogP contribution < -0.4 is 10.5 Å². The molecule has 122 valence electrons. The van der Waals surface area contributed by atoms with Crippen LogP contribution in [0.4, 0.5) is 5.69 Å². The average molecular weight is 339 g/mol. The Balaban J connectivity index is 2.09. The van der Waals surface area contributed by atoms with Crippen molar-refractivity contribution in [1.29, 1.82) is 0 Å². The zero-order chi connectivity index (χ0) is 17.3. The first-order valence-corrected chi connectivity index (χ1v) is 8.03. The molecule has 0 atom stereocenters. The van der Waals surface area contributed by atoms with Gasteiger partial charge in [-0.3, -0.25) is 14.2 Å². The van der Waals surface area contributed by atoms with Gasteiger partial charge in [-0.05, 0) is 49.5 Å². The van der Waals surface area contributed by atoms with Crippen molar-refractivity contribution in [1.82, 2.24) is 9.55 Å². The van der Waals surface area contributed by atoms with Crippen LogP contribution in [0.5, 0.6) is 0 Å². The van der Waals surface area contributed by atoms with Crippen LogP contribution in [-0.2, 0) is 7.05 Å². The number of para-hydroxylation sites is 1. The second-order valence-corrected chi connectivity index (χ2v) is 5.83. The molecule has 1 heterocycles. The molecule has 0 bridgehead atoms. The van der Waals surface area contributed by atoms with E-state index in [4.69, 9.17) is 12.2 Å². The lowest BCUT2D eigenvalue weighted by atomic mass is 10.1. The number of hydrogen-bond acceptors (Lipinski definition) is 3. The maximum atomic E-state index is 12.9. The van der Waals surface area contributed by atoms with Gasteiger partial charge in [-0.1, -0.05) is 18.2 Å². The van der Waals surface area contributed by atoms with E-state index in [-0.39, 0.29) is 11.5 Å². The molecule has 0 saturated heterocycles. The molecule has 6 heteroatoms. The summed E-state index contributed by atoms with van der Waals surface area (Å²) in [5.74, 6) is -0.120. The normalized spacial score (nSPS) is 10.8. The Morgan fingerprint density at radius 2 is 1.92 bits per heavy atom. The third-order valence-corrected chi connectivity index (χ3v) is 4.35. The van der Waals surface area contributed by atoms with Crippen LogP contribution in [0.15, 0.2) is 53.3 Å². The van der Waals surface area contributed by atoms with Gasteiger partial charge < -0.3 is 9.88 Å². The fraction of sp³-hybridized carbons (Fsp3) is 0.167. The number of benzene rings is 2. The number of aromatic amines is 1. The Bertz CT molecular complexity index is 1020. The molecule has 1 aromatic heterocycles. The van der Waals surface area contributed by atoms with Gasteiger partial charge in [-0.15, -0.1) is 0 Å². The number of H-pyrrole nitrogens is 1. The number of nitrogens with one attached hydrogen (secondary N) is 1. The van der Waals surface area contributed by atoms with Crippen LogP contribution >= 0.6 is 12.2 Å². The van der Waals surface area contributed by atoms with Gasteiger partial charge in [0.15, 0.2) is 4.77 Å². The SMILES string of the molecule is CCN(C(=O)c1ccc2c(=O)n(C)c(=S)[nH]c2c1)c1ccccc1. The Morgan fingerprint density at radius 3 is 2.58 bits per heavy atom. The molecule has 1 N–H and O–H groups in total. The second-order valence-electron chi connectivity index (χ2n) is 5.44. The lowest BCUT2D eigenvalue weighted by Gasteiger charge is -2.21. The number of hydrogen-bond donors (Lipinski definition) is 1. The Morgan fingerprint density at radius 1 is 1.21 bits per heavy atom. The maximum Gasteiger partial charge on any atom is 0.261 e. The van der Waals surface area contributed by atoms with Crippen LogP contribution in [0, 0.1) is 4.77 Å². The minimum Gasteiger partial charge on any atom is -0.332 e. The van der Waals surface area contributed by atoms with Gasteiger partial charge in [0.2, 0.25) is 0 Å². The van der Waals surface area contributed by atoms with E-state index in [1.807, 2.05) is 37.3 Å². The molecule has 0 aliphatic heterocycles. The first kappa shape index (κ1) is 16.1. The average Bonchev–Trinajstić information content (AvgIpc) is 2.61. The van der Waals surface area contributed by atoms with Crippen LogP contribution in [-0.4, -0.2) is 22.0 Å². The van der Waals surface area contributed by atoms with E-state index in [0.717, 1.165) is 5.69 Å². The number of amides is 1. The monoisotopic (exact) mass is 339 g/mol. The zero-order valence-electron chi connectivity index (χ0n) is 13.4. The molecule has 0 saturated carbocycles. The minimum atomic E-state index is -0.178. The highest BCUT2D eigenvalue weighted by atomic mass is 32.1. The Hall–Kier alpha value is -2.73. The van der Waals surface area contributed by atoms with Crippen molar-refractivity contribution >= 4 is 34.7 Å². The van der Waals surface area contributed by atoms with Crippen molar-refractivity contribution in [2.45, 2.75) is 6.92 Å². The number of carbonyl (C=O) groups is 1. The molecular weight excluding hydrogens is 322 g/mol. The largest absolute Gasteiger partial charge is 0.332 e. The summed E-state index contributed by atoms with van der Waals surface area (Å²) in [4.78, 5) is 29.8. The van der Waals surface area contributed by atoms with E-state index < -0.39 is 0 Å². The second kappa shape index (κ2) is 6.41. The van der Waals surface area contributed by atoms with Gasteiger partial charge in [-0.25, -0.2) is 0 Å². The van der Waals surface area contributed by atoms with Gasteiger partial charge in [0.1, 0.15) is 0 Å². The highest BCUT2D eigenvalue weighted by Gasteiger charge is 2.17. The molecule has 5 nitrogen and oxygen atoms in total. The van der Waals surface area contributed by atoms with E-state index in [0.29, 0.717) is 27.8 Å². The summed E-state index contributed by atoms with van der Waals surface area (Å²) in [5.41, 5.74) is 1.73. The number of anilines is 1. The third-order valence-electron chi connectivity index (χ3n) is 3.98. The predicted octanol–water partition coefficient (Wildman–Crippen LogP) is 3.26. The summed E-state index contributed by atoms with van der Waals surface area (Å²) in [6.07, 6.45) is 0. The molecule has 2 aromatic carbocycles. The smallest absolute Gasteiger partial charge is 0.261 e. The van der Waals surface area contributed by atoms with Gasteiger partial charge in [0, 0.05) is 24.8 Å². The molecule has 0 radical (unpaired) electrons. The van der Waals surface area contributed by atoms with E-state index >= 15 is 0 Å². The van der Waals surface area contributed by atoms with Crippen molar-refractivity contribution in [3.05, 3.63) is 69.2 Å². The van der Waals surface area contributed by atoms with Gasteiger partial charge in [0.25, 0.3) is 11.5 Å². The quantitative estimate of drug-likeness (QED) is 0.745. The van der Waals surface area contributed by atoms with Gasteiger partial charge in [0.05, 0.1) is 10.9 Å². The van der Waals surface area contributed by atoms with Crippen LogP contribution in [0.3, 0.4) is 0 Å². The summed E-state index contributed by atoms with van der Waals surface area (Å²) in [5, 5.41) is 0.505. The first-order chi connectivity index (χ1) is 11.5. The van der Waals surface area contributed by atoms with Crippen molar-refractivity contribution in [3.8, 4) is 0 Å². The molecule has 3 rings (SSSR count). The van der Waals surface area contributed by atoms with Gasteiger partial charge in [-0.2, -0.15) is 0 Å².